The number of allylic oxidation sites excluding steroid dienone is 1. The van der Waals surface area contributed by atoms with Gasteiger partial charge in [0.15, 0.2) is 0 Å². The van der Waals surface area contributed by atoms with Gasteiger partial charge in [0.05, 0.1) is 18.8 Å². The fraction of sp³-hybridized carbons (Fsp3) is 0.833. The summed E-state index contributed by atoms with van der Waals surface area (Å²) in [6.45, 7) is 5.66. The van der Waals surface area contributed by atoms with Crippen molar-refractivity contribution in [1.29, 1.82) is 0 Å². The Kier molecular flexibility index (Phi) is 5.73. The highest BCUT2D eigenvalue weighted by molar-refractivity contribution is 5.07. The lowest BCUT2D eigenvalue weighted by Gasteiger charge is -2.27. The smallest absolute Gasteiger partial charge is 0.111 e. The second kappa shape index (κ2) is 6.85. The van der Waals surface area contributed by atoms with E-state index in [1.807, 2.05) is 6.92 Å². The number of nitrogens with two attached hydrogens (primary N) is 1. The number of hydrogen-bond donors (Lipinski definition) is 1. The minimum atomic E-state index is -0.0924. The Bertz CT molecular complexity index is 198. The summed E-state index contributed by atoms with van der Waals surface area (Å²) < 4.78 is 11.2. The van der Waals surface area contributed by atoms with Crippen LogP contribution in [-0.2, 0) is 9.47 Å². The van der Waals surface area contributed by atoms with Crippen molar-refractivity contribution in [1.82, 2.24) is 0 Å². The fourth-order valence-electron chi connectivity index (χ4n) is 1.86. The maximum atomic E-state index is 6.15. The number of rotatable bonds is 6. The monoisotopic (exact) mass is 213 g/mol. The molecule has 0 saturated carbocycles. The third kappa shape index (κ3) is 3.84. The Balaban J connectivity index is 2.52. The summed E-state index contributed by atoms with van der Waals surface area (Å²) in [5.41, 5.74) is 6.15. The van der Waals surface area contributed by atoms with Gasteiger partial charge in [-0.3, -0.25) is 0 Å². The van der Waals surface area contributed by atoms with E-state index in [1.54, 1.807) is 0 Å². The Morgan fingerprint density at radius 2 is 2.33 bits per heavy atom. The van der Waals surface area contributed by atoms with Crippen molar-refractivity contribution in [3.63, 3.8) is 0 Å². The molecule has 1 aliphatic heterocycles. The Morgan fingerprint density at radius 3 is 2.87 bits per heavy atom. The average molecular weight is 213 g/mol. The van der Waals surface area contributed by atoms with Gasteiger partial charge in [-0.2, -0.15) is 0 Å². The summed E-state index contributed by atoms with van der Waals surface area (Å²) in [6, 6.07) is -0.0924. The van der Waals surface area contributed by atoms with E-state index in [1.165, 1.54) is 0 Å². The predicted octanol–water partition coefficient (Wildman–Crippen LogP) is 2.21. The van der Waals surface area contributed by atoms with Gasteiger partial charge in [-0.15, -0.1) is 0 Å². The molecule has 0 radical (unpaired) electrons. The molecule has 88 valence electrons. The largest absolute Gasteiger partial charge is 0.497 e. The number of ether oxygens (including phenoxy) is 2. The van der Waals surface area contributed by atoms with Gasteiger partial charge in [-0.05, 0) is 32.3 Å². The van der Waals surface area contributed by atoms with Gasteiger partial charge in [0.25, 0.3) is 0 Å². The van der Waals surface area contributed by atoms with E-state index in [9.17, 15) is 0 Å². The minimum Gasteiger partial charge on any atom is -0.497 e. The molecule has 0 amide bonds. The molecule has 3 nitrogen and oxygen atoms in total. The highest BCUT2D eigenvalue weighted by atomic mass is 16.5. The van der Waals surface area contributed by atoms with Crippen LogP contribution in [0.1, 0.15) is 39.5 Å². The molecule has 2 N–H and O–H groups in total. The first kappa shape index (κ1) is 12.5. The normalized spacial score (nSPS) is 20.3. The Hall–Kier alpha value is -0.540. The topological polar surface area (TPSA) is 44.5 Å². The molecule has 3 heteroatoms. The van der Waals surface area contributed by atoms with Gasteiger partial charge in [0.2, 0.25) is 0 Å². The predicted molar refractivity (Wildman–Crippen MR) is 61.6 cm³/mol. The van der Waals surface area contributed by atoms with E-state index in [-0.39, 0.29) is 12.1 Å². The summed E-state index contributed by atoms with van der Waals surface area (Å²) in [7, 11) is 0. The second-order valence-corrected chi connectivity index (χ2v) is 3.91. The third-order valence-corrected chi connectivity index (χ3v) is 2.65. The molecule has 0 saturated heterocycles. The van der Waals surface area contributed by atoms with Crippen molar-refractivity contribution in [3.8, 4) is 0 Å². The van der Waals surface area contributed by atoms with Crippen LogP contribution in [0.25, 0.3) is 0 Å². The molecule has 2 atom stereocenters. The zero-order valence-electron chi connectivity index (χ0n) is 9.87. The standard InChI is InChI=1S/C12H23NO2/c1-3-7-10(14-4-2)12(13)11-8-5-6-9-15-11/h8,10,12H,3-7,9,13H2,1-2H3. The lowest BCUT2D eigenvalue weighted by Crippen LogP contribution is -2.39. The Morgan fingerprint density at radius 1 is 1.53 bits per heavy atom. The van der Waals surface area contributed by atoms with Crippen LogP contribution in [0.3, 0.4) is 0 Å². The van der Waals surface area contributed by atoms with Crippen LogP contribution in [0.2, 0.25) is 0 Å². The summed E-state index contributed by atoms with van der Waals surface area (Å²) in [5.74, 6) is 0.924. The summed E-state index contributed by atoms with van der Waals surface area (Å²) in [6.07, 6.45) is 6.47. The molecule has 1 aliphatic rings. The molecule has 0 bridgehead atoms. The van der Waals surface area contributed by atoms with Crippen LogP contribution in [-0.4, -0.2) is 25.4 Å². The van der Waals surface area contributed by atoms with Crippen molar-refractivity contribution in [2.24, 2.45) is 5.73 Å². The summed E-state index contributed by atoms with van der Waals surface area (Å²) in [4.78, 5) is 0. The Labute approximate surface area is 92.6 Å². The van der Waals surface area contributed by atoms with Crippen LogP contribution in [0.15, 0.2) is 11.8 Å². The van der Waals surface area contributed by atoms with E-state index in [2.05, 4.69) is 13.0 Å². The van der Waals surface area contributed by atoms with E-state index in [0.29, 0.717) is 6.61 Å². The van der Waals surface area contributed by atoms with E-state index in [0.717, 1.165) is 38.0 Å². The molecule has 1 rings (SSSR count). The first-order valence-corrected chi connectivity index (χ1v) is 5.99. The van der Waals surface area contributed by atoms with Crippen molar-refractivity contribution in [2.75, 3.05) is 13.2 Å². The van der Waals surface area contributed by atoms with Crippen molar-refractivity contribution >= 4 is 0 Å². The molecule has 2 unspecified atom stereocenters. The lowest BCUT2D eigenvalue weighted by atomic mass is 10.0. The van der Waals surface area contributed by atoms with E-state index < -0.39 is 0 Å². The SMILES string of the molecule is CCCC(OCC)C(N)C1=CCCCO1. The zero-order chi connectivity index (χ0) is 11.1. The van der Waals surface area contributed by atoms with Gasteiger partial charge in [-0.1, -0.05) is 13.3 Å². The molecule has 1 heterocycles. The molecule has 0 aromatic rings. The molecular formula is C12H23NO2. The van der Waals surface area contributed by atoms with E-state index in [4.69, 9.17) is 15.2 Å². The fourth-order valence-corrected chi connectivity index (χ4v) is 1.86. The van der Waals surface area contributed by atoms with Crippen molar-refractivity contribution in [2.45, 2.75) is 51.7 Å². The van der Waals surface area contributed by atoms with Crippen LogP contribution >= 0.6 is 0 Å². The van der Waals surface area contributed by atoms with Gasteiger partial charge in [0, 0.05) is 6.61 Å². The third-order valence-electron chi connectivity index (χ3n) is 2.65. The van der Waals surface area contributed by atoms with Crippen molar-refractivity contribution in [3.05, 3.63) is 11.8 Å². The molecule has 0 fully saturated rings. The van der Waals surface area contributed by atoms with E-state index >= 15 is 0 Å². The molecule has 0 aromatic heterocycles. The first-order chi connectivity index (χ1) is 7.29. The molecule has 15 heavy (non-hydrogen) atoms. The van der Waals surface area contributed by atoms with Crippen LogP contribution in [0, 0.1) is 0 Å². The number of hydrogen-bond acceptors (Lipinski definition) is 3. The van der Waals surface area contributed by atoms with Gasteiger partial charge >= 0.3 is 0 Å². The van der Waals surface area contributed by atoms with Gasteiger partial charge < -0.3 is 15.2 Å². The van der Waals surface area contributed by atoms with Crippen LogP contribution < -0.4 is 5.73 Å². The highest BCUT2D eigenvalue weighted by Gasteiger charge is 2.23. The van der Waals surface area contributed by atoms with Gasteiger partial charge in [0.1, 0.15) is 5.76 Å². The van der Waals surface area contributed by atoms with Crippen LogP contribution in [0.5, 0.6) is 0 Å². The minimum absolute atomic E-state index is 0.0924. The molecular weight excluding hydrogens is 190 g/mol. The van der Waals surface area contributed by atoms with Crippen LogP contribution in [0.4, 0.5) is 0 Å². The summed E-state index contributed by atoms with van der Waals surface area (Å²) in [5, 5.41) is 0. The zero-order valence-corrected chi connectivity index (χ0v) is 9.87. The second-order valence-electron chi connectivity index (χ2n) is 3.91. The summed E-state index contributed by atoms with van der Waals surface area (Å²) >= 11 is 0. The average Bonchev–Trinajstić information content (AvgIpc) is 2.29. The quantitative estimate of drug-likeness (QED) is 0.735. The molecule has 0 aliphatic carbocycles. The molecule has 0 aromatic carbocycles. The maximum absolute atomic E-state index is 6.15. The molecule has 0 spiro atoms. The van der Waals surface area contributed by atoms with Gasteiger partial charge in [-0.25, -0.2) is 0 Å². The maximum Gasteiger partial charge on any atom is 0.111 e. The highest BCUT2D eigenvalue weighted by Crippen LogP contribution is 2.18. The lowest BCUT2D eigenvalue weighted by molar-refractivity contribution is 0.0275. The van der Waals surface area contributed by atoms with Crippen molar-refractivity contribution < 1.29 is 9.47 Å². The first-order valence-electron chi connectivity index (χ1n) is 5.99.